The van der Waals surface area contributed by atoms with Gasteiger partial charge in [0.15, 0.2) is 0 Å². The van der Waals surface area contributed by atoms with E-state index in [1.54, 1.807) is 10.8 Å². The van der Waals surface area contributed by atoms with E-state index < -0.39 is 17.7 Å². The van der Waals surface area contributed by atoms with E-state index in [9.17, 15) is 18.0 Å². The van der Waals surface area contributed by atoms with Gasteiger partial charge in [-0.3, -0.25) is 0 Å². The predicted molar refractivity (Wildman–Crippen MR) is 67.5 cm³/mol. The molecular formula is C14H12F3NO2. The van der Waals surface area contributed by atoms with Crippen molar-refractivity contribution in [3.63, 3.8) is 0 Å². The molecule has 0 bridgehead atoms. The van der Waals surface area contributed by atoms with E-state index in [4.69, 9.17) is 5.11 Å². The number of carboxylic acids is 1. The van der Waals surface area contributed by atoms with Crippen molar-refractivity contribution in [2.75, 3.05) is 0 Å². The Bertz CT molecular complexity index is 627. The summed E-state index contributed by atoms with van der Waals surface area (Å²) in [5.74, 6) is -1.10. The zero-order chi connectivity index (χ0) is 14.9. The summed E-state index contributed by atoms with van der Waals surface area (Å²) in [6, 6.07) is 4.46. The number of aromatic nitrogens is 1. The van der Waals surface area contributed by atoms with Gasteiger partial charge >= 0.3 is 12.1 Å². The van der Waals surface area contributed by atoms with E-state index in [2.05, 4.69) is 0 Å². The van der Waals surface area contributed by atoms with E-state index in [1.165, 1.54) is 18.3 Å². The Morgan fingerprint density at radius 3 is 2.25 bits per heavy atom. The van der Waals surface area contributed by atoms with E-state index >= 15 is 0 Å². The summed E-state index contributed by atoms with van der Waals surface area (Å²) < 4.78 is 39.1. The molecule has 0 aliphatic heterocycles. The Morgan fingerprint density at radius 2 is 1.80 bits per heavy atom. The Kier molecular flexibility index (Phi) is 3.57. The van der Waals surface area contributed by atoms with Crippen LogP contribution in [-0.4, -0.2) is 15.6 Å². The first-order valence-electron chi connectivity index (χ1n) is 5.93. The lowest BCUT2D eigenvalue weighted by molar-refractivity contribution is -0.137. The summed E-state index contributed by atoms with van der Waals surface area (Å²) in [6.45, 7) is 2.43. The maximum Gasteiger partial charge on any atom is 0.416 e. The highest BCUT2D eigenvalue weighted by Crippen LogP contribution is 2.32. The minimum absolute atomic E-state index is 0.0756. The normalized spacial score (nSPS) is 11.6. The van der Waals surface area contributed by atoms with Crippen molar-refractivity contribution in [1.82, 2.24) is 4.57 Å². The molecule has 1 N–H and O–H groups in total. The van der Waals surface area contributed by atoms with Crippen LogP contribution in [0.15, 0.2) is 36.7 Å². The summed E-state index contributed by atoms with van der Waals surface area (Å²) >= 11 is 0. The van der Waals surface area contributed by atoms with Gasteiger partial charge in [0.2, 0.25) is 0 Å². The van der Waals surface area contributed by atoms with Crippen LogP contribution in [0.2, 0.25) is 0 Å². The first kappa shape index (κ1) is 14.2. The fourth-order valence-corrected chi connectivity index (χ4v) is 1.93. The average Bonchev–Trinajstić information content (AvgIpc) is 2.82. The number of aromatic carboxylic acids is 1. The molecule has 6 heteroatoms. The van der Waals surface area contributed by atoms with Gasteiger partial charge in [-0.25, -0.2) is 4.79 Å². The van der Waals surface area contributed by atoms with Crippen molar-refractivity contribution in [2.24, 2.45) is 0 Å². The Morgan fingerprint density at radius 1 is 1.20 bits per heavy atom. The lowest BCUT2D eigenvalue weighted by Crippen LogP contribution is -2.04. The molecule has 0 saturated carbocycles. The van der Waals surface area contributed by atoms with E-state index in [1.807, 2.05) is 6.92 Å². The largest absolute Gasteiger partial charge is 0.478 e. The number of nitrogens with zero attached hydrogens (tertiary/aromatic N) is 1. The number of aryl methyl sites for hydroxylation is 1. The Hall–Kier alpha value is -2.24. The van der Waals surface area contributed by atoms with Crippen molar-refractivity contribution in [3.8, 4) is 11.1 Å². The number of carbonyl (C=O) groups is 1. The zero-order valence-corrected chi connectivity index (χ0v) is 10.6. The molecule has 0 saturated heterocycles. The van der Waals surface area contributed by atoms with E-state index in [0.29, 0.717) is 17.7 Å². The Balaban J connectivity index is 2.46. The molecular weight excluding hydrogens is 271 g/mol. The maximum atomic E-state index is 12.5. The van der Waals surface area contributed by atoms with E-state index in [0.717, 1.165) is 12.1 Å². The van der Waals surface area contributed by atoms with Crippen LogP contribution in [-0.2, 0) is 12.7 Å². The number of hydrogen-bond donors (Lipinski definition) is 1. The number of halogens is 3. The minimum Gasteiger partial charge on any atom is -0.478 e. The second-order valence-electron chi connectivity index (χ2n) is 4.30. The molecule has 106 valence electrons. The van der Waals surface area contributed by atoms with Crippen LogP contribution in [0.5, 0.6) is 0 Å². The SMILES string of the molecule is CCn1cc(C(=O)O)c(-c2ccc(C(F)(F)F)cc2)c1. The molecule has 20 heavy (non-hydrogen) atoms. The van der Waals surface area contributed by atoms with Gasteiger partial charge in [-0.05, 0) is 24.6 Å². The predicted octanol–water partition coefficient (Wildman–Crippen LogP) is 3.89. The number of alkyl halides is 3. The van der Waals surface area contributed by atoms with Crippen LogP contribution < -0.4 is 0 Å². The summed E-state index contributed by atoms with van der Waals surface area (Å²) in [7, 11) is 0. The third kappa shape index (κ3) is 2.68. The molecule has 1 aromatic heterocycles. The lowest BCUT2D eigenvalue weighted by Gasteiger charge is -2.07. The smallest absolute Gasteiger partial charge is 0.416 e. The van der Waals surface area contributed by atoms with Crippen molar-refractivity contribution in [3.05, 3.63) is 47.8 Å². The second kappa shape index (κ2) is 5.03. The monoisotopic (exact) mass is 283 g/mol. The molecule has 2 aromatic rings. The third-order valence-electron chi connectivity index (χ3n) is 3.00. The zero-order valence-electron chi connectivity index (χ0n) is 10.6. The van der Waals surface area contributed by atoms with Gasteiger partial charge in [0.05, 0.1) is 11.1 Å². The van der Waals surface area contributed by atoms with Gasteiger partial charge in [0, 0.05) is 24.5 Å². The number of hydrogen-bond acceptors (Lipinski definition) is 1. The fourth-order valence-electron chi connectivity index (χ4n) is 1.93. The van der Waals surface area contributed by atoms with Gasteiger partial charge in [-0.1, -0.05) is 12.1 Å². The molecule has 3 nitrogen and oxygen atoms in total. The van der Waals surface area contributed by atoms with Gasteiger partial charge in [-0.2, -0.15) is 13.2 Å². The standard InChI is InChI=1S/C14H12F3NO2/c1-2-18-7-11(12(8-18)13(19)20)9-3-5-10(6-4-9)14(15,16)17/h3-8H,2H2,1H3,(H,19,20). The number of benzene rings is 1. The van der Waals surface area contributed by atoms with Gasteiger partial charge in [0.1, 0.15) is 0 Å². The van der Waals surface area contributed by atoms with Crippen molar-refractivity contribution in [1.29, 1.82) is 0 Å². The quantitative estimate of drug-likeness (QED) is 0.928. The van der Waals surface area contributed by atoms with Crippen LogP contribution in [0.4, 0.5) is 13.2 Å². The summed E-state index contributed by atoms with van der Waals surface area (Å²) in [5.41, 5.74) is 0.176. The highest BCUT2D eigenvalue weighted by Gasteiger charge is 2.30. The average molecular weight is 283 g/mol. The molecule has 1 heterocycles. The summed E-state index contributed by atoms with van der Waals surface area (Å²) in [6.07, 6.45) is -1.31. The molecule has 0 fully saturated rings. The topological polar surface area (TPSA) is 42.2 Å². The van der Waals surface area contributed by atoms with Crippen LogP contribution in [0, 0.1) is 0 Å². The molecule has 0 atom stereocenters. The minimum atomic E-state index is -4.40. The molecule has 0 aliphatic rings. The van der Waals surface area contributed by atoms with Crippen LogP contribution in [0.3, 0.4) is 0 Å². The van der Waals surface area contributed by atoms with Crippen molar-refractivity contribution >= 4 is 5.97 Å². The third-order valence-corrected chi connectivity index (χ3v) is 3.00. The van der Waals surface area contributed by atoms with Crippen LogP contribution in [0.1, 0.15) is 22.8 Å². The molecule has 1 aromatic carbocycles. The van der Waals surface area contributed by atoms with Crippen molar-refractivity contribution < 1.29 is 23.1 Å². The maximum absolute atomic E-state index is 12.5. The van der Waals surface area contributed by atoms with E-state index in [-0.39, 0.29) is 5.56 Å². The molecule has 0 radical (unpaired) electrons. The summed E-state index contributed by atoms with van der Waals surface area (Å²) in [4.78, 5) is 11.2. The van der Waals surface area contributed by atoms with Gasteiger partial charge < -0.3 is 9.67 Å². The molecule has 0 aliphatic carbocycles. The highest BCUT2D eigenvalue weighted by atomic mass is 19.4. The van der Waals surface area contributed by atoms with Crippen LogP contribution >= 0.6 is 0 Å². The lowest BCUT2D eigenvalue weighted by atomic mass is 10.0. The molecule has 2 rings (SSSR count). The first-order valence-corrected chi connectivity index (χ1v) is 5.93. The Labute approximate surface area is 113 Å². The first-order chi connectivity index (χ1) is 9.32. The molecule has 0 unspecified atom stereocenters. The van der Waals surface area contributed by atoms with Crippen LogP contribution in [0.25, 0.3) is 11.1 Å². The van der Waals surface area contributed by atoms with Crippen molar-refractivity contribution in [2.45, 2.75) is 19.6 Å². The fraction of sp³-hybridized carbons (Fsp3) is 0.214. The second-order valence-corrected chi connectivity index (χ2v) is 4.30. The molecule has 0 amide bonds. The number of carboxylic acid groups (broad SMARTS) is 1. The highest BCUT2D eigenvalue weighted by molar-refractivity contribution is 5.96. The van der Waals surface area contributed by atoms with Gasteiger partial charge in [-0.15, -0.1) is 0 Å². The van der Waals surface area contributed by atoms with Gasteiger partial charge in [0.25, 0.3) is 0 Å². The summed E-state index contributed by atoms with van der Waals surface area (Å²) in [5, 5.41) is 9.13. The number of rotatable bonds is 3. The molecule has 0 spiro atoms.